The zero-order chi connectivity index (χ0) is 27.2. The van der Waals surface area contributed by atoms with Crippen LogP contribution in [0.5, 0.6) is 11.5 Å². The minimum absolute atomic E-state index is 0.113. The van der Waals surface area contributed by atoms with Crippen LogP contribution in [0.3, 0.4) is 0 Å². The van der Waals surface area contributed by atoms with Crippen molar-refractivity contribution >= 4 is 39.1 Å². The molecule has 0 spiro atoms. The van der Waals surface area contributed by atoms with E-state index in [9.17, 15) is 18.0 Å². The van der Waals surface area contributed by atoms with Crippen molar-refractivity contribution in [1.82, 2.24) is 10.2 Å². The van der Waals surface area contributed by atoms with E-state index in [1.54, 1.807) is 42.5 Å². The van der Waals surface area contributed by atoms with E-state index in [1.165, 1.54) is 4.90 Å². The lowest BCUT2D eigenvalue weighted by Crippen LogP contribution is -2.52. The number of ether oxygens (including phenoxy) is 2. The highest BCUT2D eigenvalue weighted by Gasteiger charge is 2.32. The van der Waals surface area contributed by atoms with Crippen LogP contribution in [-0.4, -0.2) is 63.7 Å². The summed E-state index contributed by atoms with van der Waals surface area (Å²) in [5.41, 5.74) is 1.03. The van der Waals surface area contributed by atoms with Crippen molar-refractivity contribution in [3.8, 4) is 11.5 Å². The SMILES string of the molecule is CC[C@@H](C(=O)NCC(C)C)N(Cc1ccc(Cl)cc1)C(=O)CN(c1ccc2c(c1)OCCO2)S(C)(=O)=O. The summed E-state index contributed by atoms with van der Waals surface area (Å²) in [7, 11) is -3.85. The first kappa shape index (κ1) is 28.6. The van der Waals surface area contributed by atoms with Crippen LogP contribution in [0, 0.1) is 5.92 Å². The van der Waals surface area contributed by atoms with Gasteiger partial charge in [0.25, 0.3) is 0 Å². The molecule has 202 valence electrons. The van der Waals surface area contributed by atoms with Gasteiger partial charge in [0.1, 0.15) is 25.8 Å². The number of nitrogens with zero attached hydrogens (tertiary/aromatic N) is 2. The van der Waals surface area contributed by atoms with E-state index in [0.717, 1.165) is 16.1 Å². The lowest BCUT2D eigenvalue weighted by molar-refractivity contribution is -0.140. The molecule has 0 saturated heterocycles. The molecule has 9 nitrogen and oxygen atoms in total. The monoisotopic (exact) mass is 551 g/mol. The first-order valence-corrected chi connectivity index (χ1v) is 14.4. The van der Waals surface area contributed by atoms with E-state index < -0.39 is 28.5 Å². The number of amides is 2. The van der Waals surface area contributed by atoms with Crippen LogP contribution in [0.15, 0.2) is 42.5 Å². The molecule has 2 aromatic rings. The van der Waals surface area contributed by atoms with Crippen molar-refractivity contribution in [3.63, 3.8) is 0 Å². The average molecular weight is 552 g/mol. The number of hydrogen-bond donors (Lipinski definition) is 1. The summed E-state index contributed by atoms with van der Waals surface area (Å²) in [6.07, 6.45) is 1.39. The van der Waals surface area contributed by atoms with E-state index in [1.807, 2.05) is 20.8 Å². The number of carbonyl (C=O) groups excluding carboxylic acids is 2. The molecule has 2 aromatic carbocycles. The number of nitrogens with one attached hydrogen (secondary N) is 1. The summed E-state index contributed by atoms with van der Waals surface area (Å²) < 4.78 is 37.7. The fraction of sp³-hybridized carbons (Fsp3) is 0.462. The molecule has 0 saturated carbocycles. The number of rotatable bonds is 11. The summed E-state index contributed by atoms with van der Waals surface area (Å²) in [6.45, 7) is 6.61. The maximum Gasteiger partial charge on any atom is 0.244 e. The smallest absolute Gasteiger partial charge is 0.244 e. The predicted molar refractivity (Wildman–Crippen MR) is 144 cm³/mol. The molecule has 1 aliphatic rings. The van der Waals surface area contributed by atoms with Gasteiger partial charge in [0.15, 0.2) is 11.5 Å². The van der Waals surface area contributed by atoms with Gasteiger partial charge in [-0.1, -0.05) is 44.5 Å². The number of hydrogen-bond acceptors (Lipinski definition) is 6. The first-order valence-electron chi connectivity index (χ1n) is 12.2. The van der Waals surface area contributed by atoms with Crippen molar-refractivity contribution in [2.24, 2.45) is 5.92 Å². The molecular weight excluding hydrogens is 518 g/mol. The van der Waals surface area contributed by atoms with Crippen LogP contribution in [0.4, 0.5) is 5.69 Å². The maximum absolute atomic E-state index is 13.7. The maximum atomic E-state index is 13.7. The second-order valence-corrected chi connectivity index (χ2v) is 11.7. The number of halogens is 1. The third kappa shape index (κ3) is 7.75. The van der Waals surface area contributed by atoms with E-state index >= 15 is 0 Å². The van der Waals surface area contributed by atoms with Crippen molar-refractivity contribution < 1.29 is 27.5 Å². The summed E-state index contributed by atoms with van der Waals surface area (Å²) >= 11 is 6.02. The molecule has 0 unspecified atom stereocenters. The second kappa shape index (κ2) is 12.5. The van der Waals surface area contributed by atoms with Gasteiger partial charge in [-0.05, 0) is 42.2 Å². The minimum atomic E-state index is -3.85. The molecule has 0 radical (unpaired) electrons. The van der Waals surface area contributed by atoms with Crippen molar-refractivity contribution in [2.75, 3.05) is 36.9 Å². The van der Waals surface area contributed by atoms with Gasteiger partial charge in [0, 0.05) is 24.2 Å². The zero-order valence-electron chi connectivity index (χ0n) is 21.6. The molecule has 2 amide bonds. The normalized spacial score (nSPS) is 13.7. The fourth-order valence-electron chi connectivity index (χ4n) is 3.93. The number of fused-ring (bicyclic) bond motifs is 1. The van der Waals surface area contributed by atoms with Gasteiger partial charge >= 0.3 is 0 Å². The molecular formula is C26H34ClN3O6S. The summed E-state index contributed by atoms with van der Waals surface area (Å²) in [5, 5.41) is 3.44. The van der Waals surface area contributed by atoms with Gasteiger partial charge in [-0.3, -0.25) is 13.9 Å². The Balaban J connectivity index is 1.93. The molecule has 1 heterocycles. The summed E-state index contributed by atoms with van der Waals surface area (Å²) in [5.74, 6) is 0.345. The van der Waals surface area contributed by atoms with E-state index in [2.05, 4.69) is 5.32 Å². The summed E-state index contributed by atoms with van der Waals surface area (Å²) in [6, 6.07) is 10.9. The highest BCUT2D eigenvalue weighted by atomic mass is 35.5. The van der Waals surface area contributed by atoms with E-state index in [-0.39, 0.29) is 24.1 Å². The lowest BCUT2D eigenvalue weighted by atomic mass is 10.1. The van der Waals surface area contributed by atoms with Gasteiger partial charge in [-0.2, -0.15) is 0 Å². The van der Waals surface area contributed by atoms with Gasteiger partial charge < -0.3 is 19.7 Å². The Morgan fingerprint density at radius 1 is 1.05 bits per heavy atom. The average Bonchev–Trinajstić information content (AvgIpc) is 2.86. The predicted octanol–water partition coefficient (Wildman–Crippen LogP) is 3.46. The standard InChI is InChI=1S/C26H34ClN3O6S/c1-5-22(26(32)28-15-18(2)3)29(16-19-6-8-20(27)9-7-19)25(31)17-30(37(4,33)34)21-10-11-23-24(14-21)36-13-12-35-23/h6-11,14,18,22H,5,12-13,15-17H2,1-4H3,(H,28,32)/t22-/m0/s1. The quantitative estimate of drug-likeness (QED) is 0.458. The van der Waals surface area contributed by atoms with Crippen molar-refractivity contribution in [3.05, 3.63) is 53.1 Å². The Labute approximate surface area is 223 Å². The van der Waals surface area contributed by atoms with Crippen LogP contribution in [0.2, 0.25) is 5.02 Å². The Hall–Kier alpha value is -2.98. The Kier molecular flexibility index (Phi) is 9.67. The molecule has 0 aromatic heterocycles. The highest BCUT2D eigenvalue weighted by Crippen LogP contribution is 2.34. The third-order valence-corrected chi connectivity index (χ3v) is 7.22. The molecule has 1 atom stereocenters. The van der Waals surface area contributed by atoms with Crippen LogP contribution in [-0.2, 0) is 26.2 Å². The molecule has 0 fully saturated rings. The first-order chi connectivity index (χ1) is 17.5. The van der Waals surface area contributed by atoms with Crippen LogP contribution < -0.4 is 19.1 Å². The number of sulfonamides is 1. The molecule has 0 bridgehead atoms. The van der Waals surface area contributed by atoms with Crippen LogP contribution >= 0.6 is 11.6 Å². The summed E-state index contributed by atoms with van der Waals surface area (Å²) in [4.78, 5) is 28.3. The minimum Gasteiger partial charge on any atom is -0.486 e. The highest BCUT2D eigenvalue weighted by molar-refractivity contribution is 7.92. The number of benzene rings is 2. The topological polar surface area (TPSA) is 105 Å². The largest absolute Gasteiger partial charge is 0.486 e. The number of carbonyl (C=O) groups is 2. The van der Waals surface area contributed by atoms with E-state index in [4.69, 9.17) is 21.1 Å². The van der Waals surface area contributed by atoms with Crippen molar-refractivity contribution in [1.29, 1.82) is 0 Å². The zero-order valence-corrected chi connectivity index (χ0v) is 23.1. The molecule has 0 aliphatic carbocycles. The Morgan fingerprint density at radius 3 is 2.30 bits per heavy atom. The molecule has 37 heavy (non-hydrogen) atoms. The number of anilines is 1. The van der Waals surface area contributed by atoms with Gasteiger partial charge in [-0.25, -0.2) is 8.42 Å². The molecule has 1 aliphatic heterocycles. The van der Waals surface area contributed by atoms with E-state index in [0.29, 0.717) is 42.7 Å². The molecule has 1 N–H and O–H groups in total. The van der Waals surface area contributed by atoms with Gasteiger partial charge in [0.05, 0.1) is 11.9 Å². The van der Waals surface area contributed by atoms with Gasteiger partial charge in [-0.15, -0.1) is 0 Å². The Morgan fingerprint density at radius 2 is 1.70 bits per heavy atom. The lowest BCUT2D eigenvalue weighted by Gasteiger charge is -2.33. The van der Waals surface area contributed by atoms with Crippen LogP contribution in [0.1, 0.15) is 32.8 Å². The third-order valence-electron chi connectivity index (χ3n) is 5.83. The van der Waals surface area contributed by atoms with Crippen LogP contribution in [0.25, 0.3) is 0 Å². The second-order valence-electron chi connectivity index (χ2n) is 9.31. The van der Waals surface area contributed by atoms with Gasteiger partial charge in [0.2, 0.25) is 21.8 Å². The Bertz CT molecular complexity index is 1200. The molecule has 11 heteroatoms. The fourth-order valence-corrected chi connectivity index (χ4v) is 4.90. The van der Waals surface area contributed by atoms with Crippen molar-refractivity contribution in [2.45, 2.75) is 39.8 Å². The molecule has 3 rings (SSSR count).